The maximum atomic E-state index is 10.6. The van der Waals surface area contributed by atoms with Crippen molar-refractivity contribution >= 4 is 34.4 Å². The summed E-state index contributed by atoms with van der Waals surface area (Å²) in [6.07, 6.45) is 1.73. The van der Waals surface area contributed by atoms with Gasteiger partial charge >= 0.3 is 0 Å². The van der Waals surface area contributed by atoms with Crippen LogP contribution in [0.25, 0.3) is 0 Å². The number of carbonyl (C=O) groups excluding carboxylic acids is 1. The molecule has 1 aliphatic rings. The van der Waals surface area contributed by atoms with Crippen molar-refractivity contribution in [3.8, 4) is 0 Å². The molecule has 0 N–H and O–H groups in total. The average molecular weight is 247 g/mol. The van der Waals surface area contributed by atoms with Crippen LogP contribution in [-0.4, -0.2) is 37.6 Å². The highest BCUT2D eigenvalue weighted by Gasteiger charge is 2.16. The third-order valence-corrected chi connectivity index (χ3v) is 3.64. The maximum absolute atomic E-state index is 10.6. The fraction of sp³-hybridized carbons (Fsp3) is 0.556. The van der Waals surface area contributed by atoms with Crippen molar-refractivity contribution in [3.05, 3.63) is 10.0 Å². The van der Waals surface area contributed by atoms with Gasteiger partial charge in [0, 0.05) is 19.7 Å². The van der Waals surface area contributed by atoms with Crippen LogP contribution in [0.4, 0.5) is 5.13 Å². The summed E-state index contributed by atoms with van der Waals surface area (Å²) in [4.78, 5) is 17.4. The summed E-state index contributed by atoms with van der Waals surface area (Å²) in [7, 11) is 0. The standard InChI is InChI=1S/C9H11ClN2O2S/c10-8-7(6-13)15-9(11-8)12-2-1-4-14-5-3-12/h6H,1-5H2. The van der Waals surface area contributed by atoms with E-state index in [0.717, 1.165) is 37.5 Å². The summed E-state index contributed by atoms with van der Waals surface area (Å²) >= 11 is 7.15. The summed E-state index contributed by atoms with van der Waals surface area (Å²) in [5.74, 6) is 0. The fourth-order valence-corrected chi connectivity index (χ4v) is 2.56. The SMILES string of the molecule is O=Cc1sc(N2CCCOCC2)nc1Cl. The second-order valence-corrected chi connectivity index (χ2v) is 4.59. The highest BCUT2D eigenvalue weighted by Crippen LogP contribution is 2.28. The van der Waals surface area contributed by atoms with Crippen molar-refractivity contribution in [2.24, 2.45) is 0 Å². The molecule has 4 nitrogen and oxygen atoms in total. The molecule has 2 heterocycles. The summed E-state index contributed by atoms with van der Waals surface area (Å²) in [6.45, 7) is 3.20. The largest absolute Gasteiger partial charge is 0.380 e. The first-order chi connectivity index (χ1) is 7.31. The number of hydrogen-bond donors (Lipinski definition) is 0. The first-order valence-electron chi connectivity index (χ1n) is 4.75. The molecule has 0 atom stereocenters. The molecule has 0 spiro atoms. The molecule has 1 aromatic rings. The lowest BCUT2D eigenvalue weighted by Gasteiger charge is -2.17. The number of rotatable bonds is 2. The van der Waals surface area contributed by atoms with Crippen LogP contribution in [0.5, 0.6) is 0 Å². The topological polar surface area (TPSA) is 42.4 Å². The molecule has 0 radical (unpaired) electrons. The van der Waals surface area contributed by atoms with Gasteiger partial charge < -0.3 is 9.64 Å². The lowest BCUT2D eigenvalue weighted by atomic mass is 10.4. The first-order valence-corrected chi connectivity index (χ1v) is 5.95. The van der Waals surface area contributed by atoms with Crippen LogP contribution >= 0.6 is 22.9 Å². The fourth-order valence-electron chi connectivity index (χ4n) is 1.45. The number of thiazole rings is 1. The molecule has 6 heteroatoms. The Morgan fingerprint density at radius 2 is 2.33 bits per heavy atom. The van der Waals surface area contributed by atoms with Crippen LogP contribution in [0, 0.1) is 0 Å². The summed E-state index contributed by atoms with van der Waals surface area (Å²) in [5, 5.41) is 1.11. The Labute approximate surface area is 96.8 Å². The molecule has 15 heavy (non-hydrogen) atoms. The predicted molar refractivity (Wildman–Crippen MR) is 60.2 cm³/mol. The van der Waals surface area contributed by atoms with Gasteiger partial charge in [-0.3, -0.25) is 4.79 Å². The zero-order chi connectivity index (χ0) is 10.7. The van der Waals surface area contributed by atoms with Crippen LogP contribution in [0.15, 0.2) is 0 Å². The third-order valence-electron chi connectivity index (χ3n) is 2.20. The number of aromatic nitrogens is 1. The van der Waals surface area contributed by atoms with Crippen molar-refractivity contribution in [1.29, 1.82) is 0 Å². The van der Waals surface area contributed by atoms with Gasteiger partial charge in [-0.1, -0.05) is 22.9 Å². The van der Waals surface area contributed by atoms with Crippen molar-refractivity contribution < 1.29 is 9.53 Å². The molecular formula is C9H11ClN2O2S. The van der Waals surface area contributed by atoms with Crippen LogP contribution in [0.3, 0.4) is 0 Å². The van der Waals surface area contributed by atoms with Gasteiger partial charge in [0.05, 0.1) is 6.61 Å². The second kappa shape index (κ2) is 4.92. The third kappa shape index (κ3) is 2.48. The number of aldehydes is 1. The van der Waals surface area contributed by atoms with E-state index in [0.29, 0.717) is 16.6 Å². The van der Waals surface area contributed by atoms with Gasteiger partial charge in [0.25, 0.3) is 0 Å². The zero-order valence-corrected chi connectivity index (χ0v) is 9.68. The van der Waals surface area contributed by atoms with Gasteiger partial charge in [0.15, 0.2) is 16.6 Å². The van der Waals surface area contributed by atoms with E-state index >= 15 is 0 Å². The number of halogens is 1. The summed E-state index contributed by atoms with van der Waals surface area (Å²) in [6, 6.07) is 0. The number of carbonyl (C=O) groups is 1. The number of nitrogens with zero attached hydrogens (tertiary/aromatic N) is 2. The zero-order valence-electron chi connectivity index (χ0n) is 8.11. The Bertz CT molecular complexity index is 348. The molecule has 0 amide bonds. The lowest BCUT2D eigenvalue weighted by molar-refractivity contribution is 0.112. The van der Waals surface area contributed by atoms with E-state index in [4.69, 9.17) is 16.3 Å². The molecule has 1 saturated heterocycles. The van der Waals surface area contributed by atoms with E-state index in [1.807, 2.05) is 0 Å². The normalized spacial score (nSPS) is 17.5. The van der Waals surface area contributed by atoms with Crippen molar-refractivity contribution in [3.63, 3.8) is 0 Å². The molecule has 82 valence electrons. The van der Waals surface area contributed by atoms with E-state index < -0.39 is 0 Å². The van der Waals surface area contributed by atoms with Crippen molar-refractivity contribution in [2.45, 2.75) is 6.42 Å². The molecule has 0 aromatic carbocycles. The molecule has 1 aromatic heterocycles. The maximum Gasteiger partial charge on any atom is 0.187 e. The Hall–Kier alpha value is -0.650. The minimum atomic E-state index is 0.301. The lowest BCUT2D eigenvalue weighted by Crippen LogP contribution is -2.25. The molecule has 0 aliphatic carbocycles. The molecule has 0 bridgehead atoms. The van der Waals surface area contributed by atoms with Gasteiger partial charge in [-0.2, -0.15) is 0 Å². The highest BCUT2D eigenvalue weighted by atomic mass is 35.5. The van der Waals surface area contributed by atoms with Crippen LogP contribution in [0.2, 0.25) is 5.15 Å². The Kier molecular flexibility index (Phi) is 3.56. The first kappa shape index (κ1) is 10.9. The van der Waals surface area contributed by atoms with E-state index in [1.165, 1.54) is 11.3 Å². The van der Waals surface area contributed by atoms with Crippen LogP contribution in [0.1, 0.15) is 16.1 Å². The molecule has 2 rings (SSSR count). The molecular weight excluding hydrogens is 236 g/mol. The number of ether oxygens (including phenoxy) is 1. The molecule has 0 saturated carbocycles. The van der Waals surface area contributed by atoms with Gasteiger partial charge in [-0.25, -0.2) is 4.98 Å². The smallest absolute Gasteiger partial charge is 0.187 e. The van der Waals surface area contributed by atoms with E-state index in [9.17, 15) is 4.79 Å². The highest BCUT2D eigenvalue weighted by molar-refractivity contribution is 7.17. The number of hydrogen-bond acceptors (Lipinski definition) is 5. The predicted octanol–water partition coefficient (Wildman–Crippen LogP) is 1.84. The molecule has 1 aliphatic heterocycles. The van der Waals surface area contributed by atoms with E-state index in [2.05, 4.69) is 9.88 Å². The van der Waals surface area contributed by atoms with Crippen LogP contribution < -0.4 is 4.90 Å². The Balaban J connectivity index is 2.16. The van der Waals surface area contributed by atoms with Gasteiger partial charge in [0.1, 0.15) is 4.88 Å². The van der Waals surface area contributed by atoms with Crippen molar-refractivity contribution in [2.75, 3.05) is 31.2 Å². The van der Waals surface area contributed by atoms with E-state index in [-0.39, 0.29) is 0 Å². The molecule has 1 fully saturated rings. The summed E-state index contributed by atoms with van der Waals surface area (Å²) in [5.41, 5.74) is 0. The quantitative estimate of drug-likeness (QED) is 0.747. The minimum absolute atomic E-state index is 0.301. The average Bonchev–Trinajstić information content (AvgIpc) is 2.48. The van der Waals surface area contributed by atoms with Gasteiger partial charge in [-0.05, 0) is 6.42 Å². The monoisotopic (exact) mass is 246 g/mol. The van der Waals surface area contributed by atoms with E-state index in [1.54, 1.807) is 0 Å². The molecule has 0 unspecified atom stereocenters. The van der Waals surface area contributed by atoms with Crippen molar-refractivity contribution in [1.82, 2.24) is 4.98 Å². The van der Waals surface area contributed by atoms with Gasteiger partial charge in [-0.15, -0.1) is 0 Å². The Morgan fingerprint density at radius 1 is 1.47 bits per heavy atom. The van der Waals surface area contributed by atoms with Gasteiger partial charge in [0.2, 0.25) is 0 Å². The minimum Gasteiger partial charge on any atom is -0.380 e. The summed E-state index contributed by atoms with van der Waals surface area (Å²) < 4.78 is 5.34. The second-order valence-electron chi connectivity index (χ2n) is 3.22. The Morgan fingerprint density at radius 3 is 3.07 bits per heavy atom. The number of anilines is 1. The van der Waals surface area contributed by atoms with Crippen LogP contribution in [-0.2, 0) is 4.74 Å².